The van der Waals surface area contributed by atoms with Gasteiger partial charge in [-0.05, 0) is 41.6 Å². The summed E-state index contributed by atoms with van der Waals surface area (Å²) >= 11 is 2.04. The molecule has 0 fully saturated rings. The fourth-order valence-electron chi connectivity index (χ4n) is 1.55. The van der Waals surface area contributed by atoms with Gasteiger partial charge in [0.2, 0.25) is 5.89 Å². The van der Waals surface area contributed by atoms with Gasteiger partial charge in [0.1, 0.15) is 5.69 Å². The average Bonchev–Trinajstić information content (AvgIpc) is 2.77. The second-order valence-electron chi connectivity index (χ2n) is 3.83. The highest BCUT2D eigenvalue weighted by Crippen LogP contribution is 2.26. The molecule has 2 aromatic rings. The fraction of sp³-hybridized carbons (Fsp3) is 0.273. The van der Waals surface area contributed by atoms with E-state index in [2.05, 4.69) is 15.5 Å². The van der Waals surface area contributed by atoms with Crippen LogP contribution >= 0.6 is 22.6 Å². The number of halogens is 1. The van der Waals surface area contributed by atoms with Crippen LogP contribution in [0.15, 0.2) is 22.7 Å². The molecule has 0 unspecified atom stereocenters. The van der Waals surface area contributed by atoms with Crippen molar-refractivity contribution in [3.8, 4) is 0 Å². The van der Waals surface area contributed by atoms with Crippen molar-refractivity contribution in [2.24, 2.45) is 0 Å². The van der Waals surface area contributed by atoms with Crippen LogP contribution in [0.4, 0.5) is 11.4 Å². The molecule has 1 aromatic carbocycles. The first-order valence-corrected chi connectivity index (χ1v) is 6.61. The summed E-state index contributed by atoms with van der Waals surface area (Å²) in [6, 6.07) is 5.03. The molecule has 2 rings (SSSR count). The van der Waals surface area contributed by atoms with Gasteiger partial charge >= 0.3 is 0 Å². The predicted octanol–water partition coefficient (Wildman–Crippen LogP) is 2.55. The third kappa shape index (κ3) is 3.63. The minimum Gasteiger partial charge on any atom is -0.379 e. The maximum Gasteiger partial charge on any atom is 0.293 e. The summed E-state index contributed by atoms with van der Waals surface area (Å²) in [4.78, 5) is 14.6. The fourth-order valence-corrected chi connectivity index (χ4v) is 2.03. The molecule has 0 amide bonds. The second-order valence-corrected chi connectivity index (χ2v) is 5.08. The molecule has 0 saturated carbocycles. The number of nitrogens with one attached hydrogen (secondary N) is 1. The van der Waals surface area contributed by atoms with Crippen molar-refractivity contribution < 1.29 is 9.45 Å². The van der Waals surface area contributed by atoms with E-state index in [1.165, 1.54) is 6.07 Å². The Bertz CT molecular complexity index is 599. The molecule has 100 valence electrons. The molecule has 0 atom stereocenters. The van der Waals surface area contributed by atoms with Crippen molar-refractivity contribution in [3.63, 3.8) is 0 Å². The molecule has 0 bridgehead atoms. The number of hydrogen-bond acceptors (Lipinski definition) is 6. The standard InChI is InChI=1S/C11H11IN4O3/c1-7-14-11(19-15-7)4-5-13-9-3-2-8(12)6-10(9)16(17)18/h2-3,6,13H,4-5H2,1H3. The van der Waals surface area contributed by atoms with Crippen molar-refractivity contribution in [2.75, 3.05) is 11.9 Å². The highest BCUT2D eigenvalue weighted by atomic mass is 127. The molecule has 0 aliphatic carbocycles. The van der Waals surface area contributed by atoms with Crippen molar-refractivity contribution in [1.82, 2.24) is 10.1 Å². The number of nitrogens with zero attached hydrogens (tertiary/aromatic N) is 3. The Kier molecular flexibility index (Phi) is 4.30. The first-order valence-electron chi connectivity index (χ1n) is 5.53. The van der Waals surface area contributed by atoms with Crippen LogP contribution in [0.2, 0.25) is 0 Å². The smallest absolute Gasteiger partial charge is 0.293 e. The van der Waals surface area contributed by atoms with E-state index < -0.39 is 4.92 Å². The van der Waals surface area contributed by atoms with E-state index in [-0.39, 0.29) is 5.69 Å². The largest absolute Gasteiger partial charge is 0.379 e. The highest BCUT2D eigenvalue weighted by molar-refractivity contribution is 14.1. The molecule has 1 N–H and O–H groups in total. The molecule has 0 saturated heterocycles. The molecule has 19 heavy (non-hydrogen) atoms. The minimum absolute atomic E-state index is 0.0635. The third-order valence-corrected chi connectivity index (χ3v) is 3.05. The molecule has 0 aliphatic rings. The number of rotatable bonds is 5. The van der Waals surface area contributed by atoms with E-state index in [0.29, 0.717) is 30.4 Å². The van der Waals surface area contributed by atoms with Crippen LogP contribution in [0.3, 0.4) is 0 Å². The van der Waals surface area contributed by atoms with E-state index >= 15 is 0 Å². The van der Waals surface area contributed by atoms with E-state index in [9.17, 15) is 10.1 Å². The zero-order valence-electron chi connectivity index (χ0n) is 10.1. The van der Waals surface area contributed by atoms with Gasteiger partial charge in [0.05, 0.1) is 4.92 Å². The molecule has 1 heterocycles. The SMILES string of the molecule is Cc1noc(CCNc2ccc(I)cc2[N+](=O)[O-])n1. The second kappa shape index (κ2) is 5.95. The van der Waals surface area contributed by atoms with Crippen LogP contribution < -0.4 is 5.32 Å². The molecule has 7 nitrogen and oxygen atoms in total. The third-order valence-electron chi connectivity index (χ3n) is 2.38. The Labute approximate surface area is 122 Å². The van der Waals surface area contributed by atoms with E-state index in [1.54, 1.807) is 13.0 Å². The van der Waals surface area contributed by atoms with Crippen molar-refractivity contribution in [2.45, 2.75) is 13.3 Å². The predicted molar refractivity (Wildman–Crippen MR) is 77.0 cm³/mol. The molecule has 8 heteroatoms. The molecule has 0 spiro atoms. The van der Waals surface area contributed by atoms with Crippen LogP contribution in [0.5, 0.6) is 0 Å². The lowest BCUT2D eigenvalue weighted by atomic mass is 10.2. The van der Waals surface area contributed by atoms with Crippen molar-refractivity contribution >= 4 is 34.0 Å². The van der Waals surface area contributed by atoms with E-state index in [1.807, 2.05) is 28.7 Å². The molecule has 0 aliphatic heterocycles. The zero-order valence-corrected chi connectivity index (χ0v) is 12.2. The van der Waals surface area contributed by atoms with Gasteiger partial charge in [0.15, 0.2) is 5.82 Å². The lowest BCUT2D eigenvalue weighted by Crippen LogP contribution is -2.07. The van der Waals surface area contributed by atoms with Gasteiger partial charge < -0.3 is 9.84 Å². The summed E-state index contributed by atoms with van der Waals surface area (Å²) in [5.41, 5.74) is 0.551. The van der Waals surface area contributed by atoms with E-state index in [0.717, 1.165) is 3.57 Å². The van der Waals surface area contributed by atoms with E-state index in [4.69, 9.17) is 4.52 Å². The van der Waals surface area contributed by atoms with Crippen LogP contribution in [0, 0.1) is 20.6 Å². The Morgan fingerprint density at radius 2 is 2.32 bits per heavy atom. The molecular formula is C11H11IN4O3. The topological polar surface area (TPSA) is 94.1 Å². The van der Waals surface area contributed by atoms with Crippen LogP contribution in [-0.2, 0) is 6.42 Å². The number of anilines is 1. The highest BCUT2D eigenvalue weighted by Gasteiger charge is 2.13. The number of nitro benzene ring substituents is 1. The lowest BCUT2D eigenvalue weighted by molar-refractivity contribution is -0.384. The van der Waals surface area contributed by atoms with Gasteiger partial charge in [-0.1, -0.05) is 5.16 Å². The maximum absolute atomic E-state index is 10.9. The van der Waals surface area contributed by atoms with Gasteiger partial charge in [0.25, 0.3) is 5.69 Å². The molecule has 0 radical (unpaired) electrons. The first-order chi connectivity index (χ1) is 9.06. The molecule has 1 aromatic heterocycles. The number of nitro groups is 1. The number of benzene rings is 1. The van der Waals surface area contributed by atoms with Crippen molar-refractivity contribution in [3.05, 3.63) is 43.6 Å². The maximum atomic E-state index is 10.9. The monoisotopic (exact) mass is 374 g/mol. The number of aromatic nitrogens is 2. The normalized spacial score (nSPS) is 10.4. The minimum atomic E-state index is -0.401. The van der Waals surface area contributed by atoms with Gasteiger partial charge in [-0.15, -0.1) is 0 Å². The molecular weight excluding hydrogens is 363 g/mol. The average molecular weight is 374 g/mol. The van der Waals surface area contributed by atoms with Gasteiger partial charge in [-0.3, -0.25) is 10.1 Å². The summed E-state index contributed by atoms with van der Waals surface area (Å²) < 4.78 is 5.78. The summed E-state index contributed by atoms with van der Waals surface area (Å²) in [6.45, 7) is 2.23. The van der Waals surface area contributed by atoms with Crippen LogP contribution in [-0.4, -0.2) is 21.6 Å². The van der Waals surface area contributed by atoms with Gasteiger partial charge in [0, 0.05) is 22.6 Å². The van der Waals surface area contributed by atoms with Crippen LogP contribution in [0.1, 0.15) is 11.7 Å². The summed E-state index contributed by atoms with van der Waals surface area (Å²) in [5, 5.41) is 17.6. The summed E-state index contributed by atoms with van der Waals surface area (Å²) in [7, 11) is 0. The number of hydrogen-bond donors (Lipinski definition) is 1. The summed E-state index contributed by atoms with van der Waals surface area (Å²) in [5.74, 6) is 1.09. The Hall–Kier alpha value is -1.71. The zero-order chi connectivity index (χ0) is 13.8. The number of aryl methyl sites for hydroxylation is 1. The Morgan fingerprint density at radius 3 is 2.95 bits per heavy atom. The first kappa shape index (κ1) is 13.7. The van der Waals surface area contributed by atoms with Crippen LogP contribution in [0.25, 0.3) is 0 Å². The van der Waals surface area contributed by atoms with Gasteiger partial charge in [-0.25, -0.2) is 0 Å². The lowest BCUT2D eigenvalue weighted by Gasteiger charge is -2.05. The summed E-state index contributed by atoms with van der Waals surface area (Å²) in [6.07, 6.45) is 0.518. The quantitative estimate of drug-likeness (QED) is 0.491. The Morgan fingerprint density at radius 1 is 1.53 bits per heavy atom. The van der Waals surface area contributed by atoms with Crippen molar-refractivity contribution in [1.29, 1.82) is 0 Å². The Balaban J connectivity index is 2.01. The van der Waals surface area contributed by atoms with Gasteiger partial charge in [-0.2, -0.15) is 4.98 Å².